The van der Waals surface area contributed by atoms with E-state index in [0.717, 1.165) is 16.9 Å². The van der Waals surface area contributed by atoms with Gasteiger partial charge in [-0.25, -0.2) is 4.98 Å². The standard InChI is InChI=1S/C25H21N3O3/c29-25(21-18-27-13-5-4-10-24(27)26-21)28(14-6-9-19-7-2-1-3-8-19)20-11-12-22-23(17-20)31-16-15-30-22/h1-13,17-18H,14-16H2. The van der Waals surface area contributed by atoms with Gasteiger partial charge in [0, 0.05) is 30.7 Å². The number of aromatic nitrogens is 2. The molecule has 154 valence electrons. The van der Waals surface area contributed by atoms with Gasteiger partial charge in [0.2, 0.25) is 0 Å². The van der Waals surface area contributed by atoms with Gasteiger partial charge >= 0.3 is 0 Å². The molecule has 31 heavy (non-hydrogen) atoms. The summed E-state index contributed by atoms with van der Waals surface area (Å²) < 4.78 is 13.2. The van der Waals surface area contributed by atoms with Crippen molar-refractivity contribution < 1.29 is 14.3 Å². The van der Waals surface area contributed by atoms with Crippen LogP contribution in [0.3, 0.4) is 0 Å². The second-order valence-electron chi connectivity index (χ2n) is 7.15. The van der Waals surface area contributed by atoms with Crippen LogP contribution in [0.15, 0.2) is 85.2 Å². The first-order valence-electron chi connectivity index (χ1n) is 10.1. The smallest absolute Gasteiger partial charge is 0.278 e. The largest absolute Gasteiger partial charge is 0.486 e. The first-order chi connectivity index (χ1) is 15.3. The highest BCUT2D eigenvalue weighted by Gasteiger charge is 2.22. The minimum atomic E-state index is -0.182. The van der Waals surface area contributed by atoms with Crippen molar-refractivity contribution in [3.05, 3.63) is 96.5 Å². The minimum Gasteiger partial charge on any atom is -0.486 e. The molecule has 5 rings (SSSR count). The number of imidazole rings is 1. The Morgan fingerprint density at radius 1 is 1.00 bits per heavy atom. The van der Waals surface area contributed by atoms with Gasteiger partial charge in [-0.05, 0) is 29.8 Å². The number of nitrogens with zero attached hydrogens (tertiary/aromatic N) is 3. The third kappa shape index (κ3) is 4.00. The van der Waals surface area contributed by atoms with Crippen LogP contribution in [0.1, 0.15) is 16.1 Å². The summed E-state index contributed by atoms with van der Waals surface area (Å²) in [6, 6.07) is 21.2. The summed E-state index contributed by atoms with van der Waals surface area (Å²) in [5.41, 5.74) is 2.91. The Bertz CT molecular complexity index is 1210. The number of anilines is 1. The average Bonchev–Trinajstić information content (AvgIpc) is 3.26. The number of fused-ring (bicyclic) bond motifs is 2. The lowest BCUT2D eigenvalue weighted by molar-refractivity contribution is 0.0985. The molecule has 0 saturated carbocycles. The van der Waals surface area contributed by atoms with Gasteiger partial charge in [-0.3, -0.25) is 4.79 Å². The van der Waals surface area contributed by atoms with Gasteiger partial charge in [-0.1, -0.05) is 48.6 Å². The number of carbonyl (C=O) groups is 1. The highest BCUT2D eigenvalue weighted by Crippen LogP contribution is 2.34. The topological polar surface area (TPSA) is 56.1 Å². The van der Waals surface area contributed by atoms with Crippen LogP contribution in [0, 0.1) is 0 Å². The summed E-state index contributed by atoms with van der Waals surface area (Å²) >= 11 is 0. The summed E-state index contributed by atoms with van der Waals surface area (Å²) in [5, 5.41) is 0. The van der Waals surface area contributed by atoms with Crippen LogP contribution >= 0.6 is 0 Å². The molecule has 0 bridgehead atoms. The highest BCUT2D eigenvalue weighted by atomic mass is 16.6. The second kappa shape index (κ2) is 8.36. The van der Waals surface area contributed by atoms with E-state index in [1.807, 2.05) is 89.5 Å². The number of benzene rings is 2. The van der Waals surface area contributed by atoms with Crippen molar-refractivity contribution in [3.8, 4) is 11.5 Å². The van der Waals surface area contributed by atoms with Crippen LogP contribution in [0.4, 0.5) is 5.69 Å². The van der Waals surface area contributed by atoms with Crippen molar-refractivity contribution in [3.63, 3.8) is 0 Å². The van der Waals surface area contributed by atoms with Gasteiger partial charge < -0.3 is 18.8 Å². The Morgan fingerprint density at radius 3 is 2.65 bits per heavy atom. The molecule has 1 amide bonds. The van der Waals surface area contributed by atoms with Crippen LogP contribution in [-0.4, -0.2) is 35.1 Å². The molecule has 0 spiro atoms. The van der Waals surface area contributed by atoms with E-state index in [4.69, 9.17) is 9.47 Å². The van der Waals surface area contributed by atoms with Gasteiger partial charge in [-0.2, -0.15) is 0 Å². The van der Waals surface area contributed by atoms with Crippen LogP contribution < -0.4 is 14.4 Å². The Balaban J connectivity index is 1.48. The van der Waals surface area contributed by atoms with E-state index in [-0.39, 0.29) is 5.91 Å². The monoisotopic (exact) mass is 411 g/mol. The van der Waals surface area contributed by atoms with Crippen molar-refractivity contribution in [1.29, 1.82) is 0 Å². The molecule has 0 atom stereocenters. The van der Waals surface area contributed by atoms with E-state index in [1.165, 1.54) is 0 Å². The molecule has 6 heteroatoms. The molecule has 4 aromatic rings. The van der Waals surface area contributed by atoms with Gasteiger partial charge in [0.25, 0.3) is 5.91 Å². The first kappa shape index (κ1) is 18.9. The van der Waals surface area contributed by atoms with E-state index < -0.39 is 0 Å². The molecule has 2 aromatic heterocycles. The van der Waals surface area contributed by atoms with Crippen LogP contribution in [0.5, 0.6) is 11.5 Å². The normalized spacial score (nSPS) is 12.9. The quantitative estimate of drug-likeness (QED) is 0.486. The number of pyridine rings is 1. The molecule has 0 unspecified atom stereocenters. The predicted octanol–water partition coefficient (Wildman–Crippen LogP) is 4.47. The van der Waals surface area contributed by atoms with Crippen molar-refractivity contribution in [2.45, 2.75) is 0 Å². The van der Waals surface area contributed by atoms with E-state index in [9.17, 15) is 4.79 Å². The second-order valence-corrected chi connectivity index (χ2v) is 7.15. The zero-order valence-corrected chi connectivity index (χ0v) is 16.8. The fourth-order valence-electron chi connectivity index (χ4n) is 3.54. The zero-order valence-electron chi connectivity index (χ0n) is 16.8. The molecule has 0 N–H and O–H groups in total. The SMILES string of the molecule is O=C(c1cn2ccccc2n1)N(CC=Cc1ccccc1)c1ccc2c(c1)OCCO2. The average molecular weight is 411 g/mol. The number of hydrogen-bond acceptors (Lipinski definition) is 4. The summed E-state index contributed by atoms with van der Waals surface area (Å²) in [4.78, 5) is 19.7. The van der Waals surface area contributed by atoms with E-state index in [2.05, 4.69) is 4.98 Å². The Kier molecular flexibility index (Phi) is 5.10. The molecule has 1 aliphatic heterocycles. The number of carbonyl (C=O) groups excluding carboxylic acids is 1. The molecule has 0 radical (unpaired) electrons. The van der Waals surface area contributed by atoms with E-state index >= 15 is 0 Å². The van der Waals surface area contributed by atoms with E-state index in [1.54, 1.807) is 11.1 Å². The third-order valence-corrected chi connectivity index (χ3v) is 5.06. The fourth-order valence-corrected chi connectivity index (χ4v) is 3.54. The summed E-state index contributed by atoms with van der Waals surface area (Å²) in [6.07, 6.45) is 7.61. The fraction of sp³-hybridized carbons (Fsp3) is 0.120. The first-order valence-corrected chi connectivity index (χ1v) is 10.1. The predicted molar refractivity (Wildman–Crippen MR) is 120 cm³/mol. The number of hydrogen-bond donors (Lipinski definition) is 0. The molecular weight excluding hydrogens is 390 g/mol. The molecule has 2 aromatic carbocycles. The molecule has 1 aliphatic rings. The minimum absolute atomic E-state index is 0.182. The van der Waals surface area contributed by atoms with Gasteiger partial charge in [0.05, 0.1) is 0 Å². The highest BCUT2D eigenvalue weighted by molar-refractivity contribution is 6.05. The Labute approximate surface area is 180 Å². The summed E-state index contributed by atoms with van der Waals surface area (Å²) in [5.74, 6) is 1.15. The summed E-state index contributed by atoms with van der Waals surface area (Å²) in [7, 11) is 0. The van der Waals surface area contributed by atoms with Crippen molar-refractivity contribution in [2.24, 2.45) is 0 Å². The lowest BCUT2D eigenvalue weighted by atomic mass is 10.2. The number of ether oxygens (including phenoxy) is 2. The molecular formula is C25H21N3O3. The maximum Gasteiger partial charge on any atom is 0.278 e. The number of rotatable bonds is 5. The maximum absolute atomic E-state index is 13.5. The lowest BCUT2D eigenvalue weighted by Gasteiger charge is -2.24. The molecule has 0 saturated heterocycles. The lowest BCUT2D eigenvalue weighted by Crippen LogP contribution is -2.31. The molecule has 6 nitrogen and oxygen atoms in total. The van der Waals surface area contributed by atoms with Gasteiger partial charge in [-0.15, -0.1) is 0 Å². The third-order valence-electron chi connectivity index (χ3n) is 5.06. The number of amides is 1. The van der Waals surface area contributed by atoms with Crippen molar-refractivity contribution in [1.82, 2.24) is 9.38 Å². The van der Waals surface area contributed by atoms with Crippen molar-refractivity contribution in [2.75, 3.05) is 24.7 Å². The van der Waals surface area contributed by atoms with Gasteiger partial charge in [0.15, 0.2) is 11.5 Å². The maximum atomic E-state index is 13.5. The van der Waals surface area contributed by atoms with Crippen LogP contribution in [0.2, 0.25) is 0 Å². The molecule has 3 heterocycles. The summed E-state index contributed by atoms with van der Waals surface area (Å²) in [6.45, 7) is 1.40. The molecule has 0 aliphatic carbocycles. The zero-order chi connectivity index (χ0) is 21.0. The van der Waals surface area contributed by atoms with Crippen molar-refractivity contribution >= 4 is 23.3 Å². The van der Waals surface area contributed by atoms with Crippen LogP contribution in [-0.2, 0) is 0 Å². The van der Waals surface area contributed by atoms with Crippen LogP contribution in [0.25, 0.3) is 11.7 Å². The molecule has 0 fully saturated rings. The Morgan fingerprint density at radius 2 is 1.81 bits per heavy atom. The van der Waals surface area contributed by atoms with E-state index in [0.29, 0.717) is 37.0 Å². The van der Waals surface area contributed by atoms with Gasteiger partial charge in [0.1, 0.15) is 24.6 Å². The Hall–Kier alpha value is -4.06.